The standard InChI is InChI=1S/C11H8BrClN4O3/c1-16-5-6(12)4-8(16)11(18)15-10-7(17(19)20)2-3-9(13)14-10/h2-5H,1H3,(H,14,15,18). The topological polar surface area (TPSA) is 90.1 Å². The van der Waals surface area contributed by atoms with E-state index in [-0.39, 0.29) is 16.7 Å². The van der Waals surface area contributed by atoms with Crippen LogP contribution in [0.15, 0.2) is 28.9 Å². The first-order valence-electron chi connectivity index (χ1n) is 5.32. The number of pyridine rings is 1. The van der Waals surface area contributed by atoms with Crippen LogP contribution in [0.3, 0.4) is 0 Å². The highest BCUT2D eigenvalue weighted by atomic mass is 79.9. The lowest BCUT2D eigenvalue weighted by Gasteiger charge is -2.06. The lowest BCUT2D eigenvalue weighted by molar-refractivity contribution is -0.384. The van der Waals surface area contributed by atoms with Gasteiger partial charge in [0.1, 0.15) is 10.8 Å². The summed E-state index contributed by atoms with van der Waals surface area (Å²) in [6.07, 6.45) is 1.69. The molecule has 0 saturated heterocycles. The second-order valence-corrected chi connectivity index (χ2v) is 5.17. The van der Waals surface area contributed by atoms with Crippen LogP contribution in [0.1, 0.15) is 10.5 Å². The van der Waals surface area contributed by atoms with Crippen LogP contribution < -0.4 is 5.32 Å². The van der Waals surface area contributed by atoms with Crippen molar-refractivity contribution in [2.45, 2.75) is 0 Å². The van der Waals surface area contributed by atoms with Gasteiger partial charge in [-0.05, 0) is 28.1 Å². The molecule has 104 valence electrons. The normalized spacial score (nSPS) is 10.3. The van der Waals surface area contributed by atoms with E-state index in [2.05, 4.69) is 26.2 Å². The van der Waals surface area contributed by atoms with Gasteiger partial charge in [0.2, 0.25) is 5.82 Å². The molecule has 0 fully saturated rings. The monoisotopic (exact) mass is 358 g/mol. The van der Waals surface area contributed by atoms with E-state index < -0.39 is 10.8 Å². The first-order valence-corrected chi connectivity index (χ1v) is 6.49. The molecule has 0 aliphatic carbocycles. The van der Waals surface area contributed by atoms with Gasteiger partial charge in [-0.15, -0.1) is 0 Å². The maximum Gasteiger partial charge on any atom is 0.311 e. The van der Waals surface area contributed by atoms with E-state index in [0.717, 1.165) is 4.47 Å². The van der Waals surface area contributed by atoms with E-state index >= 15 is 0 Å². The van der Waals surface area contributed by atoms with Gasteiger partial charge in [0, 0.05) is 23.8 Å². The minimum atomic E-state index is -0.639. The number of halogens is 2. The van der Waals surface area contributed by atoms with Gasteiger partial charge in [-0.1, -0.05) is 11.6 Å². The third-order valence-electron chi connectivity index (χ3n) is 2.47. The summed E-state index contributed by atoms with van der Waals surface area (Å²) >= 11 is 8.93. The molecule has 20 heavy (non-hydrogen) atoms. The third kappa shape index (κ3) is 2.97. The Hall–Kier alpha value is -1.93. The highest BCUT2D eigenvalue weighted by Gasteiger charge is 2.20. The molecule has 0 saturated carbocycles. The Balaban J connectivity index is 2.34. The summed E-state index contributed by atoms with van der Waals surface area (Å²) in [5.74, 6) is -0.708. The Bertz CT molecular complexity index is 701. The van der Waals surface area contributed by atoms with E-state index in [4.69, 9.17) is 11.6 Å². The smallest absolute Gasteiger partial charge is 0.311 e. The Morgan fingerprint density at radius 2 is 2.25 bits per heavy atom. The highest BCUT2D eigenvalue weighted by molar-refractivity contribution is 9.10. The molecule has 2 aromatic rings. The number of rotatable bonds is 3. The molecule has 0 aliphatic heterocycles. The van der Waals surface area contributed by atoms with E-state index in [1.807, 2.05) is 0 Å². The molecular weight excluding hydrogens is 352 g/mol. The number of aryl methyl sites for hydroxylation is 1. The fourth-order valence-electron chi connectivity index (χ4n) is 1.59. The number of carbonyl (C=O) groups excluding carboxylic acids is 1. The van der Waals surface area contributed by atoms with Gasteiger partial charge in [-0.2, -0.15) is 0 Å². The zero-order chi connectivity index (χ0) is 14.9. The van der Waals surface area contributed by atoms with Gasteiger partial charge >= 0.3 is 5.69 Å². The second kappa shape index (κ2) is 5.59. The molecular formula is C11H8BrClN4O3. The van der Waals surface area contributed by atoms with Crippen LogP contribution in [-0.2, 0) is 7.05 Å². The predicted octanol–water partition coefficient (Wildman–Crippen LogP) is 3.00. The number of hydrogen-bond acceptors (Lipinski definition) is 4. The number of amides is 1. The number of hydrogen-bond donors (Lipinski definition) is 1. The lowest BCUT2D eigenvalue weighted by atomic mass is 10.3. The summed E-state index contributed by atoms with van der Waals surface area (Å²) in [6.45, 7) is 0. The first kappa shape index (κ1) is 14.5. The molecule has 1 amide bonds. The number of nitrogens with zero attached hydrogens (tertiary/aromatic N) is 3. The van der Waals surface area contributed by atoms with Crippen molar-refractivity contribution in [3.63, 3.8) is 0 Å². The van der Waals surface area contributed by atoms with Crippen LogP contribution in [0, 0.1) is 10.1 Å². The molecule has 2 heterocycles. The van der Waals surface area contributed by atoms with Crippen molar-refractivity contribution in [1.29, 1.82) is 0 Å². The zero-order valence-corrected chi connectivity index (χ0v) is 12.5. The van der Waals surface area contributed by atoms with Gasteiger partial charge in [0.05, 0.1) is 4.92 Å². The Morgan fingerprint density at radius 1 is 1.55 bits per heavy atom. The second-order valence-electron chi connectivity index (χ2n) is 3.87. The predicted molar refractivity (Wildman–Crippen MR) is 77.0 cm³/mol. The van der Waals surface area contributed by atoms with Crippen molar-refractivity contribution >= 4 is 44.9 Å². The van der Waals surface area contributed by atoms with Crippen molar-refractivity contribution < 1.29 is 9.72 Å². The molecule has 0 aromatic carbocycles. The van der Waals surface area contributed by atoms with Crippen LogP contribution in [0.2, 0.25) is 5.15 Å². The van der Waals surface area contributed by atoms with Gasteiger partial charge < -0.3 is 4.57 Å². The summed E-state index contributed by atoms with van der Waals surface area (Å²) in [4.78, 5) is 26.1. The first-order chi connectivity index (χ1) is 9.38. The lowest BCUT2D eigenvalue weighted by Crippen LogP contribution is -2.17. The summed E-state index contributed by atoms with van der Waals surface area (Å²) in [7, 11) is 1.68. The highest BCUT2D eigenvalue weighted by Crippen LogP contribution is 2.25. The van der Waals surface area contributed by atoms with Crippen LogP contribution in [0.5, 0.6) is 0 Å². The van der Waals surface area contributed by atoms with Crippen molar-refractivity contribution in [2.75, 3.05) is 5.32 Å². The quantitative estimate of drug-likeness (QED) is 0.518. The molecule has 9 heteroatoms. The van der Waals surface area contributed by atoms with Crippen LogP contribution in [0.4, 0.5) is 11.5 Å². The molecule has 2 aromatic heterocycles. The molecule has 0 atom stereocenters. The number of nitro groups is 1. The summed E-state index contributed by atoms with van der Waals surface area (Å²) in [5, 5.41) is 13.3. The van der Waals surface area contributed by atoms with Crippen molar-refractivity contribution in [1.82, 2.24) is 9.55 Å². The fourth-order valence-corrected chi connectivity index (χ4v) is 2.26. The average molecular weight is 360 g/mol. The number of anilines is 1. The maximum absolute atomic E-state index is 12.1. The minimum absolute atomic E-state index is 0.0546. The van der Waals surface area contributed by atoms with Crippen molar-refractivity contribution in [3.05, 3.63) is 49.8 Å². The third-order valence-corrected chi connectivity index (χ3v) is 3.12. The molecule has 0 radical (unpaired) electrons. The molecule has 0 unspecified atom stereocenters. The molecule has 1 N–H and O–H groups in total. The Kier molecular flexibility index (Phi) is 4.05. The van der Waals surface area contributed by atoms with Gasteiger partial charge in [-0.25, -0.2) is 4.98 Å². The molecule has 0 aliphatic rings. The molecule has 7 nitrogen and oxygen atoms in total. The number of aromatic nitrogens is 2. The van der Waals surface area contributed by atoms with E-state index in [1.165, 1.54) is 12.1 Å². The van der Waals surface area contributed by atoms with Crippen molar-refractivity contribution in [2.24, 2.45) is 7.05 Å². The van der Waals surface area contributed by atoms with E-state index in [0.29, 0.717) is 5.69 Å². The van der Waals surface area contributed by atoms with Crippen LogP contribution in [-0.4, -0.2) is 20.4 Å². The zero-order valence-electron chi connectivity index (χ0n) is 10.1. The SMILES string of the molecule is Cn1cc(Br)cc1C(=O)Nc1nc(Cl)ccc1[N+](=O)[O-]. The van der Waals surface area contributed by atoms with Gasteiger partial charge in [-0.3, -0.25) is 20.2 Å². The maximum atomic E-state index is 12.1. The minimum Gasteiger partial charge on any atom is -0.345 e. The average Bonchev–Trinajstić information content (AvgIpc) is 2.68. The van der Waals surface area contributed by atoms with Gasteiger partial charge in [0.15, 0.2) is 0 Å². The van der Waals surface area contributed by atoms with E-state index in [9.17, 15) is 14.9 Å². The fraction of sp³-hybridized carbons (Fsp3) is 0.0909. The van der Waals surface area contributed by atoms with Crippen LogP contribution in [0.25, 0.3) is 0 Å². The van der Waals surface area contributed by atoms with Crippen molar-refractivity contribution in [3.8, 4) is 0 Å². The number of carbonyl (C=O) groups is 1. The summed E-state index contributed by atoms with van der Waals surface area (Å²) in [5.41, 5.74) is 0.00368. The summed E-state index contributed by atoms with van der Waals surface area (Å²) in [6, 6.07) is 4.06. The largest absolute Gasteiger partial charge is 0.345 e. The van der Waals surface area contributed by atoms with E-state index in [1.54, 1.807) is 23.9 Å². The molecule has 0 bridgehead atoms. The Labute approximate surface area is 126 Å². The Morgan fingerprint density at radius 3 is 2.80 bits per heavy atom. The number of nitrogens with one attached hydrogen (secondary N) is 1. The van der Waals surface area contributed by atoms with Gasteiger partial charge in [0.25, 0.3) is 5.91 Å². The molecule has 2 rings (SSSR count). The van der Waals surface area contributed by atoms with Crippen LogP contribution >= 0.6 is 27.5 Å². The molecule has 0 spiro atoms. The summed E-state index contributed by atoms with van der Waals surface area (Å²) < 4.78 is 2.30.